The largest absolute Gasteiger partial charge is 0.381 e. The summed E-state index contributed by atoms with van der Waals surface area (Å²) in [5, 5.41) is 0. The molecule has 0 spiro atoms. The Labute approximate surface area is 98.6 Å². The first-order valence-electron chi connectivity index (χ1n) is 6.91. The Morgan fingerprint density at radius 2 is 1.56 bits per heavy atom. The van der Waals surface area contributed by atoms with Crippen molar-refractivity contribution in [2.24, 2.45) is 5.92 Å². The highest BCUT2D eigenvalue weighted by Gasteiger charge is 2.24. The molecule has 0 radical (unpaired) electrons. The van der Waals surface area contributed by atoms with Crippen LogP contribution in [-0.4, -0.2) is 37.7 Å². The Balaban J connectivity index is 1.44. The van der Waals surface area contributed by atoms with Gasteiger partial charge < -0.3 is 9.64 Å². The van der Waals surface area contributed by atoms with E-state index < -0.39 is 0 Å². The van der Waals surface area contributed by atoms with E-state index in [1.807, 2.05) is 5.57 Å². The number of allylic oxidation sites excluding steroid dienone is 1. The van der Waals surface area contributed by atoms with Crippen LogP contribution in [0.2, 0.25) is 0 Å². The summed E-state index contributed by atoms with van der Waals surface area (Å²) in [6, 6.07) is 0. The molecular formula is C14H23NO. The average Bonchev–Trinajstić information content (AvgIpc) is 3.15. The predicted octanol–water partition coefficient (Wildman–Crippen LogP) is 2.60. The molecule has 16 heavy (non-hydrogen) atoms. The van der Waals surface area contributed by atoms with E-state index in [4.69, 9.17) is 4.74 Å². The zero-order chi connectivity index (χ0) is 10.8. The summed E-state index contributed by atoms with van der Waals surface area (Å²) < 4.78 is 5.42. The molecule has 3 fully saturated rings. The van der Waals surface area contributed by atoms with Gasteiger partial charge in [0.25, 0.3) is 0 Å². The van der Waals surface area contributed by atoms with Gasteiger partial charge in [0, 0.05) is 32.8 Å². The van der Waals surface area contributed by atoms with E-state index in [0.29, 0.717) is 0 Å². The van der Waals surface area contributed by atoms with Gasteiger partial charge in [-0.05, 0) is 44.4 Å². The van der Waals surface area contributed by atoms with Gasteiger partial charge >= 0.3 is 0 Å². The maximum atomic E-state index is 5.42. The minimum atomic E-state index is 0.906. The summed E-state index contributed by atoms with van der Waals surface area (Å²) in [5.74, 6) is 0.906. The standard InChI is InChI=1S/C14H23NO/c1-2-13(1)14-3-7-15(8-4-14)11-12-5-9-16-10-6-12/h12H,1-11H2. The second kappa shape index (κ2) is 4.89. The van der Waals surface area contributed by atoms with Crippen LogP contribution in [0.3, 0.4) is 0 Å². The van der Waals surface area contributed by atoms with E-state index in [0.717, 1.165) is 19.1 Å². The summed E-state index contributed by atoms with van der Waals surface area (Å²) in [4.78, 5) is 2.68. The van der Waals surface area contributed by atoms with Crippen LogP contribution in [0.25, 0.3) is 0 Å². The summed E-state index contributed by atoms with van der Waals surface area (Å²) in [7, 11) is 0. The van der Waals surface area contributed by atoms with E-state index in [1.165, 1.54) is 58.2 Å². The average molecular weight is 221 g/mol. The van der Waals surface area contributed by atoms with E-state index in [2.05, 4.69) is 4.90 Å². The molecule has 0 unspecified atom stereocenters. The van der Waals surface area contributed by atoms with Gasteiger partial charge in [-0.2, -0.15) is 0 Å². The van der Waals surface area contributed by atoms with Crippen molar-refractivity contribution in [2.75, 3.05) is 32.8 Å². The molecule has 0 bridgehead atoms. The topological polar surface area (TPSA) is 12.5 Å². The zero-order valence-electron chi connectivity index (χ0n) is 10.2. The van der Waals surface area contributed by atoms with Gasteiger partial charge in [-0.15, -0.1) is 0 Å². The maximum Gasteiger partial charge on any atom is 0.0469 e. The smallest absolute Gasteiger partial charge is 0.0469 e. The Morgan fingerprint density at radius 3 is 2.19 bits per heavy atom. The van der Waals surface area contributed by atoms with Crippen LogP contribution in [0.15, 0.2) is 11.1 Å². The lowest BCUT2D eigenvalue weighted by Crippen LogP contribution is -2.36. The summed E-state index contributed by atoms with van der Waals surface area (Å²) in [5.41, 5.74) is 3.61. The molecule has 0 aromatic carbocycles. The molecule has 2 heteroatoms. The number of hydrogen-bond acceptors (Lipinski definition) is 2. The molecule has 2 saturated heterocycles. The molecule has 1 saturated carbocycles. The van der Waals surface area contributed by atoms with Crippen LogP contribution in [0.1, 0.15) is 38.5 Å². The van der Waals surface area contributed by atoms with Crippen molar-refractivity contribution in [1.82, 2.24) is 4.90 Å². The second-order valence-electron chi connectivity index (χ2n) is 5.56. The highest BCUT2D eigenvalue weighted by molar-refractivity contribution is 5.26. The van der Waals surface area contributed by atoms with Gasteiger partial charge in [-0.1, -0.05) is 11.1 Å². The first-order chi connectivity index (χ1) is 7.92. The Morgan fingerprint density at radius 1 is 0.938 bits per heavy atom. The van der Waals surface area contributed by atoms with E-state index in [9.17, 15) is 0 Å². The zero-order valence-corrected chi connectivity index (χ0v) is 10.2. The van der Waals surface area contributed by atoms with Gasteiger partial charge in [0.1, 0.15) is 0 Å². The van der Waals surface area contributed by atoms with Crippen LogP contribution in [0.5, 0.6) is 0 Å². The lowest BCUT2D eigenvalue weighted by molar-refractivity contribution is 0.0514. The van der Waals surface area contributed by atoms with Crippen LogP contribution in [-0.2, 0) is 4.74 Å². The highest BCUT2D eigenvalue weighted by atomic mass is 16.5. The molecule has 3 rings (SSSR count). The Bertz CT molecular complexity index is 262. The van der Waals surface area contributed by atoms with Gasteiger partial charge in [0.05, 0.1) is 0 Å². The minimum absolute atomic E-state index is 0.906. The van der Waals surface area contributed by atoms with E-state index in [-0.39, 0.29) is 0 Å². The Kier molecular flexibility index (Phi) is 3.30. The minimum Gasteiger partial charge on any atom is -0.381 e. The highest BCUT2D eigenvalue weighted by Crippen LogP contribution is 2.36. The maximum absolute atomic E-state index is 5.42. The van der Waals surface area contributed by atoms with Crippen LogP contribution in [0, 0.1) is 5.92 Å². The number of rotatable bonds is 2. The van der Waals surface area contributed by atoms with Gasteiger partial charge in [0.2, 0.25) is 0 Å². The summed E-state index contributed by atoms with van der Waals surface area (Å²) in [6.45, 7) is 5.94. The molecule has 0 aromatic heterocycles. The molecule has 0 N–H and O–H groups in total. The van der Waals surface area contributed by atoms with Crippen LogP contribution in [0.4, 0.5) is 0 Å². The molecule has 0 amide bonds. The van der Waals surface area contributed by atoms with Crippen molar-refractivity contribution >= 4 is 0 Å². The van der Waals surface area contributed by atoms with Crippen LogP contribution < -0.4 is 0 Å². The van der Waals surface area contributed by atoms with Gasteiger partial charge in [-0.25, -0.2) is 0 Å². The third-order valence-corrected chi connectivity index (χ3v) is 4.32. The van der Waals surface area contributed by atoms with Crippen molar-refractivity contribution in [3.8, 4) is 0 Å². The summed E-state index contributed by atoms with van der Waals surface area (Å²) in [6.07, 6.45) is 8.11. The fourth-order valence-corrected chi connectivity index (χ4v) is 3.07. The molecule has 2 aliphatic heterocycles. The number of likely N-dealkylation sites (tertiary alicyclic amines) is 1. The fourth-order valence-electron chi connectivity index (χ4n) is 3.07. The van der Waals surface area contributed by atoms with E-state index in [1.54, 1.807) is 5.57 Å². The van der Waals surface area contributed by atoms with E-state index >= 15 is 0 Å². The van der Waals surface area contributed by atoms with Crippen molar-refractivity contribution in [2.45, 2.75) is 38.5 Å². The summed E-state index contributed by atoms with van der Waals surface area (Å²) >= 11 is 0. The molecule has 2 heterocycles. The number of ether oxygens (including phenoxy) is 1. The quantitative estimate of drug-likeness (QED) is 0.665. The molecule has 0 atom stereocenters. The monoisotopic (exact) mass is 221 g/mol. The van der Waals surface area contributed by atoms with Gasteiger partial charge in [0.15, 0.2) is 0 Å². The SMILES string of the molecule is C1CC(CN2CCC(=C3CC3)CC2)CCO1. The second-order valence-corrected chi connectivity index (χ2v) is 5.56. The molecule has 0 aromatic rings. The number of hydrogen-bond donors (Lipinski definition) is 0. The lowest BCUT2D eigenvalue weighted by atomic mass is 9.97. The van der Waals surface area contributed by atoms with Crippen molar-refractivity contribution in [3.05, 3.63) is 11.1 Å². The van der Waals surface area contributed by atoms with Crippen LogP contribution >= 0.6 is 0 Å². The molecule has 90 valence electrons. The van der Waals surface area contributed by atoms with Gasteiger partial charge in [-0.3, -0.25) is 0 Å². The first kappa shape index (κ1) is 10.8. The fraction of sp³-hybridized carbons (Fsp3) is 0.857. The first-order valence-corrected chi connectivity index (χ1v) is 6.91. The number of piperidine rings is 1. The normalized spacial score (nSPS) is 28.5. The molecule has 2 nitrogen and oxygen atoms in total. The molecule has 3 aliphatic rings. The van der Waals surface area contributed by atoms with Crippen molar-refractivity contribution in [1.29, 1.82) is 0 Å². The Hall–Kier alpha value is -0.340. The number of nitrogens with zero attached hydrogens (tertiary/aromatic N) is 1. The van der Waals surface area contributed by atoms with Crippen molar-refractivity contribution in [3.63, 3.8) is 0 Å². The molecular weight excluding hydrogens is 198 g/mol. The lowest BCUT2D eigenvalue weighted by Gasteiger charge is -2.33. The van der Waals surface area contributed by atoms with Crippen molar-refractivity contribution < 1.29 is 4.74 Å². The third-order valence-electron chi connectivity index (χ3n) is 4.32. The predicted molar refractivity (Wildman–Crippen MR) is 65.5 cm³/mol. The third kappa shape index (κ3) is 2.67. The molecule has 1 aliphatic carbocycles.